The van der Waals surface area contributed by atoms with Crippen LogP contribution in [-0.4, -0.2) is 59.6 Å². The highest BCUT2D eigenvalue weighted by Crippen LogP contribution is 2.34. The van der Waals surface area contributed by atoms with E-state index < -0.39 is 5.97 Å². The zero-order valence-electron chi connectivity index (χ0n) is 15.3. The van der Waals surface area contributed by atoms with Crippen LogP contribution in [0.5, 0.6) is 0 Å². The van der Waals surface area contributed by atoms with Crippen LogP contribution in [0.1, 0.15) is 59.3 Å². The number of hydrogen-bond acceptors (Lipinski definition) is 3. The number of hydrogen-bond donors (Lipinski definition) is 1. The normalized spacial score (nSPS) is 30.7. The van der Waals surface area contributed by atoms with Gasteiger partial charge in [-0.25, -0.2) is 0 Å². The van der Waals surface area contributed by atoms with Crippen LogP contribution in [0, 0.1) is 17.8 Å². The number of likely N-dealkylation sites (tertiary alicyclic amines) is 1. The third-order valence-corrected chi connectivity index (χ3v) is 5.95. The molecule has 0 aromatic rings. The molecule has 0 spiro atoms. The molecule has 0 radical (unpaired) electrons. The number of nitrogens with zero attached hydrogens (tertiary/aromatic N) is 2. The smallest absolute Gasteiger partial charge is 0.317 e. The zero-order valence-corrected chi connectivity index (χ0v) is 15.3. The van der Waals surface area contributed by atoms with Gasteiger partial charge in [-0.05, 0) is 82.5 Å². The number of likely N-dealkylation sites (N-methyl/N-ethyl adjacent to an activating group) is 1. The maximum atomic E-state index is 11.0. The summed E-state index contributed by atoms with van der Waals surface area (Å²) in [5.74, 6) is 2.03. The van der Waals surface area contributed by atoms with E-state index >= 15 is 0 Å². The minimum Gasteiger partial charge on any atom is -0.480 e. The average Bonchev–Trinajstić information content (AvgIpc) is 2.50. The molecule has 1 heterocycles. The van der Waals surface area contributed by atoms with E-state index in [0.717, 1.165) is 50.2 Å². The third-order valence-electron chi connectivity index (χ3n) is 5.95. The molecule has 2 unspecified atom stereocenters. The Morgan fingerprint density at radius 1 is 1.13 bits per heavy atom. The SMILES string of the molecule is CCN(CC(=O)O)C1CCN(CCC2CC(C)CC(C)C2)CC1. The van der Waals surface area contributed by atoms with Crippen molar-refractivity contribution in [3.63, 3.8) is 0 Å². The van der Waals surface area contributed by atoms with E-state index in [1.807, 2.05) is 0 Å². The summed E-state index contributed by atoms with van der Waals surface area (Å²) in [6.07, 6.45) is 7.85. The van der Waals surface area contributed by atoms with Crippen LogP contribution in [0.15, 0.2) is 0 Å². The van der Waals surface area contributed by atoms with Crippen molar-refractivity contribution in [2.75, 3.05) is 32.7 Å². The van der Waals surface area contributed by atoms with E-state index in [0.29, 0.717) is 6.04 Å². The second kappa shape index (κ2) is 9.03. The van der Waals surface area contributed by atoms with Gasteiger partial charge in [-0.2, -0.15) is 0 Å². The Hall–Kier alpha value is -0.610. The maximum Gasteiger partial charge on any atom is 0.317 e. The first-order chi connectivity index (χ1) is 11.0. The van der Waals surface area contributed by atoms with Crippen molar-refractivity contribution < 1.29 is 9.90 Å². The summed E-state index contributed by atoms with van der Waals surface area (Å²) in [7, 11) is 0. The number of carboxylic acid groups (broad SMARTS) is 1. The fourth-order valence-electron chi connectivity index (χ4n) is 4.90. The van der Waals surface area contributed by atoms with Crippen molar-refractivity contribution in [3.05, 3.63) is 0 Å². The number of rotatable bonds is 7. The van der Waals surface area contributed by atoms with Gasteiger partial charge < -0.3 is 10.0 Å². The summed E-state index contributed by atoms with van der Waals surface area (Å²) in [6.45, 7) is 11.4. The topological polar surface area (TPSA) is 43.8 Å². The summed E-state index contributed by atoms with van der Waals surface area (Å²) in [5, 5.41) is 9.02. The molecule has 2 rings (SSSR count). The molecule has 0 aromatic heterocycles. The zero-order chi connectivity index (χ0) is 16.8. The molecule has 1 aliphatic heterocycles. The van der Waals surface area contributed by atoms with Gasteiger partial charge in [0.15, 0.2) is 0 Å². The van der Waals surface area contributed by atoms with Crippen molar-refractivity contribution >= 4 is 5.97 Å². The Morgan fingerprint density at radius 3 is 2.26 bits per heavy atom. The predicted molar refractivity (Wildman–Crippen MR) is 94.6 cm³/mol. The molecule has 4 heteroatoms. The number of aliphatic carboxylic acids is 1. The molecular weight excluding hydrogens is 288 g/mol. The Morgan fingerprint density at radius 2 is 1.74 bits per heavy atom. The molecule has 1 saturated carbocycles. The van der Waals surface area contributed by atoms with Gasteiger partial charge in [0.05, 0.1) is 6.54 Å². The number of carboxylic acids is 1. The van der Waals surface area contributed by atoms with Crippen LogP contribution < -0.4 is 0 Å². The van der Waals surface area contributed by atoms with Crippen molar-refractivity contribution in [1.29, 1.82) is 0 Å². The van der Waals surface area contributed by atoms with Gasteiger partial charge in [-0.3, -0.25) is 9.69 Å². The third kappa shape index (κ3) is 6.07. The first-order valence-corrected chi connectivity index (χ1v) is 9.66. The maximum absolute atomic E-state index is 11.0. The molecule has 2 fully saturated rings. The van der Waals surface area contributed by atoms with Crippen LogP contribution in [0.2, 0.25) is 0 Å². The van der Waals surface area contributed by atoms with Gasteiger partial charge >= 0.3 is 5.97 Å². The molecule has 1 saturated heterocycles. The molecule has 23 heavy (non-hydrogen) atoms. The van der Waals surface area contributed by atoms with E-state index in [2.05, 4.69) is 30.6 Å². The molecule has 2 atom stereocenters. The fourth-order valence-corrected chi connectivity index (χ4v) is 4.90. The van der Waals surface area contributed by atoms with E-state index in [1.165, 1.54) is 32.2 Å². The predicted octanol–water partition coefficient (Wildman–Crippen LogP) is 3.32. The van der Waals surface area contributed by atoms with Crippen molar-refractivity contribution in [3.8, 4) is 0 Å². The summed E-state index contributed by atoms with van der Waals surface area (Å²) in [6, 6.07) is 0.460. The summed E-state index contributed by atoms with van der Waals surface area (Å²) in [5.41, 5.74) is 0. The molecule has 0 aromatic carbocycles. The number of piperidine rings is 1. The second-order valence-corrected chi connectivity index (χ2v) is 8.10. The van der Waals surface area contributed by atoms with E-state index in [1.54, 1.807) is 0 Å². The summed E-state index contributed by atoms with van der Waals surface area (Å²) >= 11 is 0. The number of carbonyl (C=O) groups is 1. The minimum absolute atomic E-state index is 0.193. The lowest BCUT2D eigenvalue weighted by Crippen LogP contribution is -2.46. The van der Waals surface area contributed by atoms with Crippen LogP contribution >= 0.6 is 0 Å². The molecule has 1 N–H and O–H groups in total. The minimum atomic E-state index is -0.699. The van der Waals surface area contributed by atoms with Gasteiger partial charge in [0.1, 0.15) is 0 Å². The highest BCUT2D eigenvalue weighted by molar-refractivity contribution is 5.69. The molecule has 0 bridgehead atoms. The first kappa shape index (κ1) is 18.7. The first-order valence-electron chi connectivity index (χ1n) is 9.66. The van der Waals surface area contributed by atoms with Gasteiger partial charge in [-0.15, -0.1) is 0 Å². The quantitative estimate of drug-likeness (QED) is 0.780. The van der Waals surface area contributed by atoms with E-state index in [4.69, 9.17) is 5.11 Å². The standard InChI is InChI=1S/C19H36N2O2/c1-4-21(14-19(22)23)18-6-9-20(10-7-18)8-5-17-12-15(2)11-16(3)13-17/h15-18H,4-14H2,1-3H3,(H,22,23). The van der Waals surface area contributed by atoms with Gasteiger partial charge in [-0.1, -0.05) is 20.8 Å². The Bertz CT molecular complexity index is 356. The molecule has 1 aliphatic carbocycles. The summed E-state index contributed by atoms with van der Waals surface area (Å²) in [4.78, 5) is 15.7. The van der Waals surface area contributed by atoms with Crippen molar-refractivity contribution in [2.45, 2.75) is 65.3 Å². The van der Waals surface area contributed by atoms with E-state index in [-0.39, 0.29) is 6.54 Å². The second-order valence-electron chi connectivity index (χ2n) is 8.10. The Labute approximate surface area is 142 Å². The molecular formula is C19H36N2O2. The van der Waals surface area contributed by atoms with Crippen molar-refractivity contribution in [2.24, 2.45) is 17.8 Å². The Kier molecular flexibility index (Phi) is 7.35. The van der Waals surface area contributed by atoms with E-state index in [9.17, 15) is 4.79 Å². The van der Waals surface area contributed by atoms with Gasteiger partial charge in [0.2, 0.25) is 0 Å². The lowest BCUT2D eigenvalue weighted by atomic mass is 9.75. The lowest BCUT2D eigenvalue weighted by molar-refractivity contribution is -0.139. The largest absolute Gasteiger partial charge is 0.480 e. The fraction of sp³-hybridized carbons (Fsp3) is 0.947. The molecule has 134 valence electrons. The van der Waals surface area contributed by atoms with Crippen LogP contribution in [0.4, 0.5) is 0 Å². The van der Waals surface area contributed by atoms with Crippen LogP contribution in [-0.2, 0) is 4.79 Å². The van der Waals surface area contributed by atoms with Crippen molar-refractivity contribution in [1.82, 2.24) is 9.80 Å². The highest BCUT2D eigenvalue weighted by atomic mass is 16.4. The monoisotopic (exact) mass is 324 g/mol. The van der Waals surface area contributed by atoms with Gasteiger partial charge in [0, 0.05) is 6.04 Å². The lowest BCUT2D eigenvalue weighted by Gasteiger charge is -2.38. The molecule has 4 nitrogen and oxygen atoms in total. The van der Waals surface area contributed by atoms with Crippen LogP contribution in [0.3, 0.4) is 0 Å². The summed E-state index contributed by atoms with van der Waals surface area (Å²) < 4.78 is 0. The average molecular weight is 325 g/mol. The van der Waals surface area contributed by atoms with Gasteiger partial charge in [0.25, 0.3) is 0 Å². The van der Waals surface area contributed by atoms with Crippen LogP contribution in [0.25, 0.3) is 0 Å². The molecule has 2 aliphatic rings. The Balaban J connectivity index is 1.69. The molecule has 0 amide bonds. The highest BCUT2D eigenvalue weighted by Gasteiger charge is 2.27.